The molecule has 1 aromatic heterocycles. The zero-order valence-electron chi connectivity index (χ0n) is 16.5. The van der Waals surface area contributed by atoms with E-state index in [-0.39, 0.29) is 17.9 Å². The Morgan fingerprint density at radius 3 is 2.79 bits per heavy atom. The summed E-state index contributed by atoms with van der Waals surface area (Å²) in [6.45, 7) is 6.63. The SMILES string of the molecule is Cc1nc(CN2C[C@H]3ON=C(N4CCC(C(=O)NC5CCC5)CC4)[C@@H]3C2)cs1. The van der Waals surface area contributed by atoms with Gasteiger partial charge in [-0.05, 0) is 39.0 Å². The van der Waals surface area contributed by atoms with Crippen LogP contribution in [0.25, 0.3) is 0 Å². The van der Waals surface area contributed by atoms with Crippen LogP contribution in [0.5, 0.6) is 0 Å². The minimum absolute atomic E-state index is 0.156. The normalized spacial score (nSPS) is 28.6. The van der Waals surface area contributed by atoms with Crippen LogP contribution < -0.4 is 5.32 Å². The summed E-state index contributed by atoms with van der Waals surface area (Å²) in [5.41, 5.74) is 1.15. The number of hydrogen-bond acceptors (Lipinski definition) is 7. The molecule has 8 heteroatoms. The molecule has 1 amide bonds. The van der Waals surface area contributed by atoms with Crippen molar-refractivity contribution >= 4 is 23.1 Å². The smallest absolute Gasteiger partial charge is 0.223 e. The molecular formula is C20H29N5O2S. The summed E-state index contributed by atoms with van der Waals surface area (Å²) in [6.07, 6.45) is 5.55. The number of nitrogens with one attached hydrogen (secondary N) is 1. The molecule has 1 N–H and O–H groups in total. The number of carbonyl (C=O) groups excluding carboxylic acids is 1. The van der Waals surface area contributed by atoms with Gasteiger partial charge >= 0.3 is 0 Å². The molecule has 1 aliphatic carbocycles. The van der Waals surface area contributed by atoms with Gasteiger partial charge < -0.3 is 15.1 Å². The van der Waals surface area contributed by atoms with E-state index in [0.29, 0.717) is 12.0 Å². The molecule has 28 heavy (non-hydrogen) atoms. The number of amides is 1. The topological polar surface area (TPSA) is 70.1 Å². The molecule has 3 aliphatic heterocycles. The van der Waals surface area contributed by atoms with Gasteiger partial charge in [0.15, 0.2) is 11.9 Å². The van der Waals surface area contributed by atoms with Gasteiger partial charge in [0.05, 0.1) is 16.6 Å². The van der Waals surface area contributed by atoms with E-state index in [9.17, 15) is 4.79 Å². The standard InChI is InChI=1S/C20H29N5O2S/c1-13-21-16(12-28-13)9-24-10-17-18(11-24)27-23-19(17)25-7-5-14(6-8-25)20(26)22-15-3-2-4-15/h12,14-15,17-18H,2-11H2,1H3,(H,22,26)/t17-,18-/m1/s1. The van der Waals surface area contributed by atoms with Gasteiger partial charge in [-0.25, -0.2) is 4.98 Å². The maximum atomic E-state index is 12.4. The van der Waals surface area contributed by atoms with Crippen molar-refractivity contribution < 1.29 is 9.63 Å². The van der Waals surface area contributed by atoms with Crippen molar-refractivity contribution in [2.75, 3.05) is 26.2 Å². The summed E-state index contributed by atoms with van der Waals surface area (Å²) in [7, 11) is 0. The Labute approximate surface area is 170 Å². The first-order valence-electron chi connectivity index (χ1n) is 10.6. The predicted octanol–water partition coefficient (Wildman–Crippen LogP) is 1.98. The van der Waals surface area contributed by atoms with Gasteiger partial charge in [-0.15, -0.1) is 11.3 Å². The van der Waals surface area contributed by atoms with Crippen molar-refractivity contribution in [1.29, 1.82) is 0 Å². The van der Waals surface area contributed by atoms with Crippen molar-refractivity contribution in [3.8, 4) is 0 Å². The number of aromatic nitrogens is 1. The Morgan fingerprint density at radius 2 is 2.11 bits per heavy atom. The summed E-state index contributed by atoms with van der Waals surface area (Å²) >= 11 is 1.71. The second-order valence-electron chi connectivity index (χ2n) is 8.65. The zero-order chi connectivity index (χ0) is 19.1. The second-order valence-corrected chi connectivity index (χ2v) is 9.71. The monoisotopic (exact) mass is 403 g/mol. The summed E-state index contributed by atoms with van der Waals surface area (Å²) in [5.74, 6) is 1.86. The maximum absolute atomic E-state index is 12.4. The summed E-state index contributed by atoms with van der Waals surface area (Å²) in [5, 5.41) is 10.9. The van der Waals surface area contributed by atoms with E-state index in [0.717, 1.165) is 74.9 Å². The van der Waals surface area contributed by atoms with Gasteiger partial charge in [0.25, 0.3) is 0 Å². The first-order chi connectivity index (χ1) is 13.7. The molecule has 5 rings (SSSR count). The van der Waals surface area contributed by atoms with E-state index in [1.165, 1.54) is 6.42 Å². The number of nitrogens with zero attached hydrogens (tertiary/aromatic N) is 4. The molecule has 2 saturated heterocycles. The van der Waals surface area contributed by atoms with E-state index in [1.54, 1.807) is 11.3 Å². The maximum Gasteiger partial charge on any atom is 0.223 e. The van der Waals surface area contributed by atoms with Crippen LogP contribution >= 0.6 is 11.3 Å². The number of thiazole rings is 1. The molecule has 0 bridgehead atoms. The average Bonchev–Trinajstić information content (AvgIpc) is 3.34. The molecule has 0 spiro atoms. The number of fused-ring (bicyclic) bond motifs is 1. The lowest BCUT2D eigenvalue weighted by molar-refractivity contribution is -0.127. The Morgan fingerprint density at radius 1 is 1.29 bits per heavy atom. The van der Waals surface area contributed by atoms with Gasteiger partial charge in [-0.1, -0.05) is 5.16 Å². The van der Waals surface area contributed by atoms with Crippen LogP contribution in [0.2, 0.25) is 0 Å². The van der Waals surface area contributed by atoms with Crippen LogP contribution in [-0.4, -0.2) is 64.9 Å². The number of rotatable bonds is 4. The van der Waals surface area contributed by atoms with Crippen molar-refractivity contribution in [3.63, 3.8) is 0 Å². The second kappa shape index (κ2) is 7.63. The van der Waals surface area contributed by atoms with Gasteiger partial charge in [0.1, 0.15) is 0 Å². The first-order valence-corrected chi connectivity index (χ1v) is 11.5. The molecule has 4 aliphatic rings. The van der Waals surface area contributed by atoms with Crippen molar-refractivity contribution in [2.45, 2.75) is 57.7 Å². The number of carbonyl (C=O) groups is 1. The number of amidine groups is 1. The third-order valence-corrected chi connectivity index (χ3v) is 7.47. The van der Waals surface area contributed by atoms with Crippen molar-refractivity contribution in [2.24, 2.45) is 17.0 Å². The minimum Gasteiger partial charge on any atom is -0.389 e. The Hall–Kier alpha value is -1.67. The highest BCUT2D eigenvalue weighted by molar-refractivity contribution is 7.09. The predicted molar refractivity (Wildman–Crippen MR) is 108 cm³/mol. The number of likely N-dealkylation sites (tertiary alicyclic amines) is 2. The molecule has 3 fully saturated rings. The number of aryl methyl sites for hydroxylation is 1. The fourth-order valence-electron chi connectivity index (χ4n) is 4.77. The minimum atomic E-state index is 0.156. The number of hydrogen-bond donors (Lipinski definition) is 1. The average molecular weight is 404 g/mol. The zero-order valence-corrected chi connectivity index (χ0v) is 17.3. The molecule has 0 aromatic carbocycles. The largest absolute Gasteiger partial charge is 0.389 e. The Bertz CT molecular complexity index is 754. The van der Waals surface area contributed by atoms with Crippen LogP contribution in [0.4, 0.5) is 0 Å². The summed E-state index contributed by atoms with van der Waals surface area (Å²) < 4.78 is 0. The van der Waals surface area contributed by atoms with E-state index in [4.69, 9.17) is 4.84 Å². The highest BCUT2D eigenvalue weighted by atomic mass is 32.1. The van der Waals surface area contributed by atoms with E-state index in [2.05, 4.69) is 37.6 Å². The molecule has 1 saturated carbocycles. The lowest BCUT2D eigenvalue weighted by Crippen LogP contribution is -2.48. The molecule has 152 valence electrons. The highest BCUT2D eigenvalue weighted by Crippen LogP contribution is 2.31. The number of oxime groups is 1. The third-order valence-electron chi connectivity index (χ3n) is 6.65. The quantitative estimate of drug-likeness (QED) is 0.832. The van der Waals surface area contributed by atoms with E-state index < -0.39 is 0 Å². The molecule has 4 heterocycles. The highest BCUT2D eigenvalue weighted by Gasteiger charge is 2.45. The third kappa shape index (κ3) is 3.64. The molecular weight excluding hydrogens is 374 g/mol. The van der Waals surface area contributed by atoms with Crippen LogP contribution in [0, 0.1) is 18.8 Å². The van der Waals surface area contributed by atoms with Gasteiger partial charge in [0.2, 0.25) is 5.91 Å². The summed E-state index contributed by atoms with van der Waals surface area (Å²) in [6, 6.07) is 0.435. The van der Waals surface area contributed by atoms with E-state index in [1.807, 2.05) is 0 Å². The molecule has 2 atom stereocenters. The lowest BCUT2D eigenvalue weighted by Gasteiger charge is -2.35. The van der Waals surface area contributed by atoms with E-state index >= 15 is 0 Å². The molecule has 1 aromatic rings. The number of piperidine rings is 1. The Kier molecular flexibility index (Phi) is 5.00. The van der Waals surface area contributed by atoms with Crippen LogP contribution in [0.15, 0.2) is 10.5 Å². The van der Waals surface area contributed by atoms with Crippen molar-refractivity contribution in [3.05, 3.63) is 16.1 Å². The fourth-order valence-corrected chi connectivity index (χ4v) is 5.37. The first kappa shape index (κ1) is 18.4. The van der Waals surface area contributed by atoms with Crippen molar-refractivity contribution in [1.82, 2.24) is 20.1 Å². The van der Waals surface area contributed by atoms with Gasteiger partial charge in [0, 0.05) is 50.1 Å². The van der Waals surface area contributed by atoms with Crippen LogP contribution in [0.3, 0.4) is 0 Å². The van der Waals surface area contributed by atoms with Crippen LogP contribution in [0.1, 0.15) is 42.8 Å². The van der Waals surface area contributed by atoms with Gasteiger partial charge in [-0.2, -0.15) is 0 Å². The fraction of sp³-hybridized carbons (Fsp3) is 0.750. The summed E-state index contributed by atoms with van der Waals surface area (Å²) in [4.78, 5) is 27.6. The molecule has 0 unspecified atom stereocenters. The Balaban J connectivity index is 1.13. The van der Waals surface area contributed by atoms with Gasteiger partial charge in [-0.3, -0.25) is 9.69 Å². The lowest BCUT2D eigenvalue weighted by atomic mass is 9.90. The molecule has 0 radical (unpaired) electrons. The van der Waals surface area contributed by atoms with Crippen LogP contribution in [-0.2, 0) is 16.2 Å². The molecule has 7 nitrogen and oxygen atoms in total.